The molecule has 2 atom stereocenters. The predicted molar refractivity (Wildman–Crippen MR) is 77.9 cm³/mol. The summed E-state index contributed by atoms with van der Waals surface area (Å²) in [7, 11) is 0. The smallest absolute Gasteiger partial charge is 0.335 e. The van der Waals surface area contributed by atoms with Crippen LogP contribution in [0, 0.1) is 18.8 Å². The van der Waals surface area contributed by atoms with E-state index in [-0.39, 0.29) is 0 Å². The number of nitrogens with zero attached hydrogens (tertiary/aromatic N) is 2. The van der Waals surface area contributed by atoms with Crippen LogP contribution in [0.3, 0.4) is 0 Å². The third-order valence-corrected chi connectivity index (χ3v) is 4.64. The van der Waals surface area contributed by atoms with Gasteiger partial charge in [0.05, 0.1) is 16.6 Å². The zero-order chi connectivity index (χ0) is 14.3. The van der Waals surface area contributed by atoms with E-state index in [1.165, 1.54) is 19.3 Å². The number of aromatic nitrogens is 2. The minimum Gasteiger partial charge on any atom is -0.478 e. The van der Waals surface area contributed by atoms with Crippen molar-refractivity contribution in [2.45, 2.75) is 39.7 Å². The Morgan fingerprint density at radius 3 is 2.90 bits per heavy atom. The Labute approximate surface area is 118 Å². The average molecular weight is 272 g/mol. The van der Waals surface area contributed by atoms with E-state index < -0.39 is 5.97 Å². The van der Waals surface area contributed by atoms with Crippen molar-refractivity contribution in [3.8, 4) is 0 Å². The van der Waals surface area contributed by atoms with Gasteiger partial charge in [0.1, 0.15) is 5.82 Å². The Hall–Kier alpha value is -1.84. The first kappa shape index (κ1) is 13.2. The minimum absolute atomic E-state index is 0.302. The molecule has 0 bridgehead atoms. The maximum atomic E-state index is 11.0. The average Bonchev–Trinajstić information content (AvgIpc) is 2.94. The first-order valence-corrected chi connectivity index (χ1v) is 7.26. The molecule has 3 rings (SSSR count). The maximum Gasteiger partial charge on any atom is 0.335 e. The van der Waals surface area contributed by atoms with Gasteiger partial charge >= 0.3 is 5.97 Å². The van der Waals surface area contributed by atoms with Gasteiger partial charge in [0.2, 0.25) is 0 Å². The van der Waals surface area contributed by atoms with Crippen LogP contribution < -0.4 is 0 Å². The molecule has 0 spiro atoms. The lowest BCUT2D eigenvalue weighted by Crippen LogP contribution is -2.14. The summed E-state index contributed by atoms with van der Waals surface area (Å²) in [5.41, 5.74) is 2.14. The molecule has 4 heteroatoms. The van der Waals surface area contributed by atoms with E-state index in [9.17, 15) is 4.79 Å². The molecular weight excluding hydrogens is 252 g/mol. The van der Waals surface area contributed by atoms with Gasteiger partial charge in [-0.2, -0.15) is 0 Å². The fraction of sp³-hybridized carbons (Fsp3) is 0.500. The van der Waals surface area contributed by atoms with Crippen LogP contribution >= 0.6 is 0 Å². The van der Waals surface area contributed by atoms with Crippen molar-refractivity contribution in [2.75, 3.05) is 0 Å². The number of aromatic carboxylic acids is 1. The summed E-state index contributed by atoms with van der Waals surface area (Å²) in [6, 6.07) is 5.22. The van der Waals surface area contributed by atoms with Gasteiger partial charge in [-0.3, -0.25) is 0 Å². The van der Waals surface area contributed by atoms with Crippen molar-refractivity contribution in [3.05, 3.63) is 29.6 Å². The van der Waals surface area contributed by atoms with Gasteiger partial charge in [0, 0.05) is 6.54 Å². The quantitative estimate of drug-likeness (QED) is 0.930. The fourth-order valence-corrected chi connectivity index (χ4v) is 3.34. The molecule has 106 valence electrons. The van der Waals surface area contributed by atoms with Gasteiger partial charge in [-0.25, -0.2) is 9.78 Å². The third-order valence-electron chi connectivity index (χ3n) is 4.64. The van der Waals surface area contributed by atoms with E-state index in [0.29, 0.717) is 11.5 Å². The minimum atomic E-state index is -0.900. The number of fused-ring (bicyclic) bond motifs is 1. The Bertz CT molecular complexity index is 660. The number of imidazole rings is 1. The van der Waals surface area contributed by atoms with E-state index in [1.54, 1.807) is 12.1 Å². The predicted octanol–water partition coefficient (Wildman–Crippen LogP) is 3.48. The van der Waals surface area contributed by atoms with E-state index in [4.69, 9.17) is 5.11 Å². The number of carboxylic acids is 1. The summed E-state index contributed by atoms with van der Waals surface area (Å²) in [5, 5.41) is 9.05. The zero-order valence-electron chi connectivity index (χ0n) is 12.0. The lowest BCUT2D eigenvalue weighted by Gasteiger charge is -2.17. The highest BCUT2D eigenvalue weighted by Crippen LogP contribution is 2.33. The number of aryl methyl sites for hydroxylation is 1. The highest BCUT2D eigenvalue weighted by molar-refractivity contribution is 5.92. The van der Waals surface area contributed by atoms with Crippen LogP contribution in [-0.2, 0) is 6.54 Å². The van der Waals surface area contributed by atoms with Gasteiger partial charge < -0.3 is 9.67 Å². The van der Waals surface area contributed by atoms with Crippen molar-refractivity contribution in [1.29, 1.82) is 0 Å². The molecule has 1 fully saturated rings. The molecule has 4 nitrogen and oxygen atoms in total. The number of carbonyl (C=O) groups is 1. The molecule has 1 aromatic carbocycles. The Balaban J connectivity index is 1.98. The highest BCUT2D eigenvalue weighted by Gasteiger charge is 2.24. The summed E-state index contributed by atoms with van der Waals surface area (Å²) in [5.74, 6) is 1.56. The normalized spacial score (nSPS) is 22.5. The standard InChI is InChI=1S/C16H20N2O2/c1-10-4-3-5-13(10)9-18-11(2)17-14-8-12(16(19)20)6-7-15(14)18/h6-8,10,13H,3-5,9H2,1-2H3,(H,19,20). The van der Waals surface area contributed by atoms with E-state index in [0.717, 1.165) is 29.3 Å². The Morgan fingerprint density at radius 2 is 2.25 bits per heavy atom. The van der Waals surface area contributed by atoms with Crippen LogP contribution in [0.15, 0.2) is 18.2 Å². The van der Waals surface area contributed by atoms with E-state index in [1.807, 2.05) is 13.0 Å². The van der Waals surface area contributed by atoms with Crippen molar-refractivity contribution in [1.82, 2.24) is 9.55 Å². The second kappa shape index (κ2) is 4.93. The summed E-state index contributed by atoms with van der Waals surface area (Å²) in [6.07, 6.45) is 3.92. The molecule has 0 radical (unpaired) electrons. The first-order valence-electron chi connectivity index (χ1n) is 7.26. The van der Waals surface area contributed by atoms with Gasteiger partial charge in [-0.1, -0.05) is 19.8 Å². The second-order valence-corrected chi connectivity index (χ2v) is 5.95. The SMILES string of the molecule is Cc1nc2cc(C(=O)O)ccc2n1CC1CCCC1C. The van der Waals surface area contributed by atoms with Gasteiger partial charge in [-0.15, -0.1) is 0 Å². The molecule has 2 unspecified atom stereocenters. The molecule has 2 aromatic rings. The van der Waals surface area contributed by atoms with Crippen LogP contribution in [0.4, 0.5) is 0 Å². The van der Waals surface area contributed by atoms with Gasteiger partial charge in [0.15, 0.2) is 0 Å². The molecule has 1 aliphatic carbocycles. The fourth-order valence-electron chi connectivity index (χ4n) is 3.34. The van der Waals surface area contributed by atoms with E-state index >= 15 is 0 Å². The molecule has 20 heavy (non-hydrogen) atoms. The van der Waals surface area contributed by atoms with Gasteiger partial charge in [-0.05, 0) is 43.4 Å². The number of hydrogen-bond donors (Lipinski definition) is 1. The number of benzene rings is 1. The Morgan fingerprint density at radius 1 is 1.45 bits per heavy atom. The van der Waals surface area contributed by atoms with Crippen molar-refractivity contribution in [3.63, 3.8) is 0 Å². The lowest BCUT2D eigenvalue weighted by atomic mass is 9.98. The second-order valence-electron chi connectivity index (χ2n) is 5.95. The first-order chi connectivity index (χ1) is 9.56. The molecule has 0 amide bonds. The molecule has 1 saturated carbocycles. The van der Waals surface area contributed by atoms with Crippen molar-refractivity contribution in [2.24, 2.45) is 11.8 Å². The monoisotopic (exact) mass is 272 g/mol. The highest BCUT2D eigenvalue weighted by atomic mass is 16.4. The topological polar surface area (TPSA) is 55.1 Å². The molecule has 0 saturated heterocycles. The molecule has 1 heterocycles. The number of carboxylic acid groups (broad SMARTS) is 1. The number of rotatable bonds is 3. The molecule has 1 aromatic heterocycles. The molecule has 0 aliphatic heterocycles. The maximum absolute atomic E-state index is 11.0. The molecule has 1 N–H and O–H groups in total. The van der Waals surface area contributed by atoms with Crippen LogP contribution in [0.5, 0.6) is 0 Å². The largest absolute Gasteiger partial charge is 0.478 e. The Kier molecular flexibility index (Phi) is 3.24. The van der Waals surface area contributed by atoms with Crippen molar-refractivity contribution < 1.29 is 9.90 Å². The van der Waals surface area contributed by atoms with Crippen LogP contribution in [0.25, 0.3) is 11.0 Å². The third kappa shape index (κ3) is 2.19. The van der Waals surface area contributed by atoms with Gasteiger partial charge in [0.25, 0.3) is 0 Å². The van der Waals surface area contributed by atoms with Crippen molar-refractivity contribution >= 4 is 17.0 Å². The summed E-state index contributed by atoms with van der Waals surface area (Å²) in [4.78, 5) is 15.5. The van der Waals surface area contributed by atoms with Crippen LogP contribution in [0.1, 0.15) is 42.4 Å². The summed E-state index contributed by atoms with van der Waals surface area (Å²) < 4.78 is 2.24. The lowest BCUT2D eigenvalue weighted by molar-refractivity contribution is 0.0697. The zero-order valence-corrected chi connectivity index (χ0v) is 12.0. The van der Waals surface area contributed by atoms with E-state index in [2.05, 4.69) is 16.5 Å². The molecular formula is C16H20N2O2. The molecule has 1 aliphatic rings. The summed E-state index contributed by atoms with van der Waals surface area (Å²) in [6.45, 7) is 5.32. The summed E-state index contributed by atoms with van der Waals surface area (Å²) >= 11 is 0. The number of hydrogen-bond acceptors (Lipinski definition) is 2. The van der Waals surface area contributed by atoms with Crippen LogP contribution in [-0.4, -0.2) is 20.6 Å². The van der Waals surface area contributed by atoms with Crippen LogP contribution in [0.2, 0.25) is 0 Å².